The molecule has 1 amide bonds. The lowest BCUT2D eigenvalue weighted by Gasteiger charge is -2.33. The first-order valence-electron chi connectivity index (χ1n) is 10.2. The van der Waals surface area contributed by atoms with Gasteiger partial charge >= 0.3 is 6.18 Å². The summed E-state index contributed by atoms with van der Waals surface area (Å²) < 4.78 is 41.2. The first-order valence-corrected chi connectivity index (χ1v) is 10.2. The van der Waals surface area contributed by atoms with E-state index >= 15 is 0 Å². The quantitative estimate of drug-likeness (QED) is 0.620. The van der Waals surface area contributed by atoms with Gasteiger partial charge in [-0.05, 0) is 24.5 Å². The van der Waals surface area contributed by atoms with Crippen LogP contribution in [0.15, 0.2) is 47.9 Å². The molecule has 2 atom stereocenters. The lowest BCUT2D eigenvalue weighted by molar-refractivity contribution is -0.144. The summed E-state index contributed by atoms with van der Waals surface area (Å²) in [7, 11) is 0. The Hall–Kier alpha value is -3.50. The maximum atomic E-state index is 13.5. The molecular formula is C21H19F3N6O2. The van der Waals surface area contributed by atoms with Crippen molar-refractivity contribution in [2.24, 2.45) is 5.16 Å². The lowest BCUT2D eigenvalue weighted by atomic mass is 9.93. The number of nitrogens with zero attached hydrogens (tertiary/aromatic N) is 6. The molecule has 0 radical (unpaired) electrons. The number of carbonyl (C=O) groups excluding carboxylic acids is 1. The molecule has 32 heavy (non-hydrogen) atoms. The van der Waals surface area contributed by atoms with Gasteiger partial charge in [0.05, 0.1) is 11.4 Å². The predicted octanol–water partition coefficient (Wildman–Crippen LogP) is 3.04. The van der Waals surface area contributed by atoms with Crippen LogP contribution in [0.3, 0.4) is 0 Å². The summed E-state index contributed by atoms with van der Waals surface area (Å²) in [6.07, 6.45) is -2.67. The molecule has 8 nitrogen and oxygen atoms in total. The zero-order valence-electron chi connectivity index (χ0n) is 16.9. The molecule has 0 bridgehead atoms. The van der Waals surface area contributed by atoms with E-state index in [2.05, 4.69) is 20.2 Å². The number of likely N-dealkylation sites (tertiary alicyclic amines) is 1. The molecule has 11 heteroatoms. The van der Waals surface area contributed by atoms with Crippen LogP contribution >= 0.6 is 0 Å². The zero-order valence-corrected chi connectivity index (χ0v) is 16.9. The molecule has 1 aromatic carbocycles. The van der Waals surface area contributed by atoms with Crippen LogP contribution in [0.4, 0.5) is 13.2 Å². The highest BCUT2D eigenvalue weighted by molar-refractivity contribution is 6.04. The minimum absolute atomic E-state index is 0.113. The summed E-state index contributed by atoms with van der Waals surface area (Å²) in [6, 6.07) is 10.5. The van der Waals surface area contributed by atoms with Crippen LogP contribution in [0.25, 0.3) is 5.78 Å². The van der Waals surface area contributed by atoms with Crippen molar-refractivity contribution in [3.63, 3.8) is 0 Å². The Morgan fingerprint density at radius 1 is 1.19 bits per heavy atom. The van der Waals surface area contributed by atoms with Crippen molar-refractivity contribution < 1.29 is 22.8 Å². The monoisotopic (exact) mass is 444 g/mol. The largest absolute Gasteiger partial charge is 0.433 e. The van der Waals surface area contributed by atoms with Crippen molar-refractivity contribution in [1.29, 1.82) is 0 Å². The summed E-state index contributed by atoms with van der Waals surface area (Å²) in [5, 5.41) is 7.69. The SMILES string of the molecule is O=C([C@H]1CC(c2ccccc2)=NO1)N1CCC[C@@H](c2cc(C(F)(F)F)n3ncnc3n2)C1. The van der Waals surface area contributed by atoms with Gasteiger partial charge in [-0.1, -0.05) is 35.5 Å². The van der Waals surface area contributed by atoms with Crippen LogP contribution in [-0.2, 0) is 15.8 Å². The number of amides is 1. The smallest absolute Gasteiger partial charge is 0.382 e. The average molecular weight is 444 g/mol. The second-order valence-corrected chi connectivity index (χ2v) is 7.86. The van der Waals surface area contributed by atoms with Gasteiger partial charge in [-0.25, -0.2) is 4.98 Å². The van der Waals surface area contributed by atoms with E-state index in [0.29, 0.717) is 36.0 Å². The third-order valence-corrected chi connectivity index (χ3v) is 5.76. The molecule has 0 aliphatic carbocycles. The van der Waals surface area contributed by atoms with Crippen LogP contribution in [0, 0.1) is 0 Å². The molecule has 4 heterocycles. The Bertz CT molecular complexity index is 1180. The average Bonchev–Trinajstić information content (AvgIpc) is 3.48. The van der Waals surface area contributed by atoms with E-state index in [9.17, 15) is 18.0 Å². The Kier molecular flexibility index (Phi) is 5.03. The highest BCUT2D eigenvalue weighted by Crippen LogP contribution is 2.33. The Labute approximate surface area is 180 Å². The molecule has 1 saturated heterocycles. The number of rotatable bonds is 3. The number of carbonyl (C=O) groups is 1. The van der Waals surface area contributed by atoms with Crippen LogP contribution in [0.5, 0.6) is 0 Å². The first-order chi connectivity index (χ1) is 15.4. The van der Waals surface area contributed by atoms with Crippen molar-refractivity contribution in [3.8, 4) is 0 Å². The Balaban J connectivity index is 1.33. The van der Waals surface area contributed by atoms with Crippen LogP contribution in [0.1, 0.15) is 42.1 Å². The van der Waals surface area contributed by atoms with Gasteiger partial charge in [-0.2, -0.15) is 27.8 Å². The van der Waals surface area contributed by atoms with E-state index in [0.717, 1.165) is 18.0 Å². The van der Waals surface area contributed by atoms with E-state index in [1.165, 1.54) is 0 Å². The van der Waals surface area contributed by atoms with Gasteiger partial charge in [0.25, 0.3) is 11.7 Å². The van der Waals surface area contributed by atoms with Crippen molar-refractivity contribution >= 4 is 17.4 Å². The lowest BCUT2D eigenvalue weighted by Crippen LogP contribution is -2.44. The van der Waals surface area contributed by atoms with Gasteiger partial charge in [0.2, 0.25) is 6.10 Å². The highest BCUT2D eigenvalue weighted by atomic mass is 19.4. The second-order valence-electron chi connectivity index (χ2n) is 7.86. The standard InChI is InChI=1S/C21H19F3N6O2/c22-21(23,24)18-10-15(27-20-25-12-26-30(18)20)14-7-4-8-29(11-14)19(31)17-9-16(28-32-17)13-5-2-1-3-6-13/h1-3,5-6,10,12,14,17H,4,7-9,11H2/t14-,17-/m1/s1. The fraction of sp³-hybridized carbons (Fsp3) is 0.381. The number of fused-ring (bicyclic) bond motifs is 1. The predicted molar refractivity (Wildman–Crippen MR) is 107 cm³/mol. The highest BCUT2D eigenvalue weighted by Gasteiger charge is 2.38. The van der Waals surface area contributed by atoms with Gasteiger partial charge in [0.15, 0.2) is 5.69 Å². The second kappa shape index (κ2) is 7.88. The number of oxime groups is 1. The molecule has 2 aliphatic rings. The molecule has 1 fully saturated rings. The topological polar surface area (TPSA) is 85.0 Å². The van der Waals surface area contributed by atoms with Gasteiger partial charge in [-0.15, -0.1) is 0 Å². The van der Waals surface area contributed by atoms with E-state index in [4.69, 9.17) is 4.84 Å². The normalized spacial score (nSPS) is 21.5. The molecule has 2 aromatic heterocycles. The number of hydrogen-bond donors (Lipinski definition) is 0. The molecular weight excluding hydrogens is 425 g/mol. The molecule has 166 valence electrons. The third kappa shape index (κ3) is 3.78. The van der Waals surface area contributed by atoms with Crippen LogP contribution in [0.2, 0.25) is 0 Å². The van der Waals surface area contributed by atoms with E-state index in [1.807, 2.05) is 30.3 Å². The van der Waals surface area contributed by atoms with Gasteiger partial charge < -0.3 is 9.74 Å². The number of aromatic nitrogens is 4. The number of halogens is 3. The van der Waals surface area contributed by atoms with Crippen molar-refractivity contribution in [2.45, 2.75) is 37.5 Å². The maximum absolute atomic E-state index is 13.5. The molecule has 2 aliphatic heterocycles. The van der Waals surface area contributed by atoms with Gasteiger partial charge in [-0.3, -0.25) is 4.79 Å². The number of hydrogen-bond acceptors (Lipinski definition) is 6. The van der Waals surface area contributed by atoms with Crippen LogP contribution < -0.4 is 0 Å². The van der Waals surface area contributed by atoms with E-state index < -0.39 is 18.0 Å². The Morgan fingerprint density at radius 3 is 2.78 bits per heavy atom. The van der Waals surface area contributed by atoms with Crippen LogP contribution in [-0.4, -0.2) is 55.3 Å². The number of benzene rings is 1. The summed E-state index contributed by atoms with van der Waals surface area (Å²) in [5.41, 5.74) is 0.915. The van der Waals surface area contributed by atoms with Crippen molar-refractivity contribution in [1.82, 2.24) is 24.5 Å². The maximum Gasteiger partial charge on any atom is 0.433 e. The molecule has 0 spiro atoms. The first kappa shape index (κ1) is 20.4. The summed E-state index contributed by atoms with van der Waals surface area (Å²) in [6.45, 7) is 0.767. The zero-order chi connectivity index (χ0) is 22.3. The van der Waals surface area contributed by atoms with Crippen molar-refractivity contribution in [2.75, 3.05) is 13.1 Å². The molecule has 0 N–H and O–H groups in total. The minimum atomic E-state index is -4.60. The molecule has 0 saturated carbocycles. The molecule has 3 aromatic rings. The summed E-state index contributed by atoms with van der Waals surface area (Å²) >= 11 is 0. The number of alkyl halides is 3. The van der Waals surface area contributed by atoms with E-state index in [1.54, 1.807) is 4.90 Å². The fourth-order valence-corrected chi connectivity index (χ4v) is 4.17. The Morgan fingerprint density at radius 2 is 2.00 bits per heavy atom. The molecule has 5 rings (SSSR count). The molecule has 0 unspecified atom stereocenters. The minimum Gasteiger partial charge on any atom is -0.382 e. The van der Waals surface area contributed by atoms with Gasteiger partial charge in [0, 0.05) is 25.4 Å². The summed E-state index contributed by atoms with van der Waals surface area (Å²) in [5.74, 6) is -0.672. The van der Waals surface area contributed by atoms with E-state index in [-0.39, 0.29) is 29.8 Å². The number of piperidine rings is 1. The third-order valence-electron chi connectivity index (χ3n) is 5.76. The summed E-state index contributed by atoms with van der Waals surface area (Å²) in [4.78, 5) is 28.2. The fourth-order valence-electron chi connectivity index (χ4n) is 4.17. The van der Waals surface area contributed by atoms with Crippen molar-refractivity contribution in [3.05, 3.63) is 59.7 Å². The van der Waals surface area contributed by atoms with Gasteiger partial charge in [0.1, 0.15) is 6.33 Å².